The van der Waals surface area contributed by atoms with Crippen LogP contribution in [-0.2, 0) is 0 Å². The number of benzene rings is 1. The summed E-state index contributed by atoms with van der Waals surface area (Å²) in [5, 5.41) is 4.20. The van der Waals surface area contributed by atoms with Crippen LogP contribution in [0.3, 0.4) is 0 Å². The van der Waals surface area contributed by atoms with Gasteiger partial charge >= 0.3 is 0 Å². The van der Waals surface area contributed by atoms with Crippen molar-refractivity contribution in [1.29, 1.82) is 0 Å². The van der Waals surface area contributed by atoms with Gasteiger partial charge in [0.05, 0.1) is 23.1 Å². The van der Waals surface area contributed by atoms with Crippen molar-refractivity contribution in [3.63, 3.8) is 0 Å². The lowest BCUT2D eigenvalue weighted by Gasteiger charge is -2.03. The number of rotatable bonds is 2. The Kier molecular flexibility index (Phi) is 2.86. The zero-order valence-corrected chi connectivity index (χ0v) is 10.3. The maximum absolute atomic E-state index is 11.2. The van der Waals surface area contributed by atoms with Gasteiger partial charge in [0.25, 0.3) is 0 Å². The van der Waals surface area contributed by atoms with Crippen LogP contribution in [0.4, 0.5) is 0 Å². The predicted octanol–water partition coefficient (Wildman–Crippen LogP) is 2.76. The van der Waals surface area contributed by atoms with Crippen molar-refractivity contribution < 1.29 is 4.79 Å². The molecule has 0 atom stereocenters. The molecule has 0 fully saturated rings. The van der Waals surface area contributed by atoms with E-state index in [9.17, 15) is 4.79 Å². The van der Waals surface area contributed by atoms with Crippen LogP contribution in [0.25, 0.3) is 5.69 Å². The first-order chi connectivity index (χ1) is 7.20. The zero-order chi connectivity index (χ0) is 10.8. The van der Waals surface area contributed by atoms with Crippen LogP contribution in [0.1, 0.15) is 16.1 Å². The van der Waals surface area contributed by atoms with Gasteiger partial charge in [-0.2, -0.15) is 5.10 Å². The van der Waals surface area contributed by atoms with E-state index >= 15 is 0 Å². The number of carbonyl (C=O) groups is 1. The average molecular weight is 312 g/mol. The van der Waals surface area contributed by atoms with Crippen LogP contribution in [0.2, 0.25) is 0 Å². The van der Waals surface area contributed by atoms with E-state index in [4.69, 9.17) is 0 Å². The minimum atomic E-state index is 0.0206. The van der Waals surface area contributed by atoms with Gasteiger partial charge in [0.2, 0.25) is 3.79 Å². The van der Waals surface area contributed by atoms with Crippen molar-refractivity contribution in [3.05, 3.63) is 47.8 Å². The van der Waals surface area contributed by atoms with Crippen LogP contribution in [0, 0.1) is 6.92 Å². The molecule has 76 valence electrons. The maximum Gasteiger partial charge on any atom is 0.225 e. The highest BCUT2D eigenvalue weighted by molar-refractivity contribution is 14.1. The molecule has 1 aromatic carbocycles. The van der Waals surface area contributed by atoms with Gasteiger partial charge in [-0.25, -0.2) is 4.68 Å². The molecule has 0 radical (unpaired) electrons. The second kappa shape index (κ2) is 4.14. The Hall–Kier alpha value is -1.17. The van der Waals surface area contributed by atoms with Gasteiger partial charge in [-0.15, -0.1) is 0 Å². The molecule has 2 rings (SSSR count). The van der Waals surface area contributed by atoms with E-state index in [1.165, 1.54) is 0 Å². The maximum atomic E-state index is 11.2. The molecular weight excluding hydrogens is 303 g/mol. The highest BCUT2D eigenvalue weighted by atomic mass is 127. The minimum Gasteiger partial charge on any atom is -0.282 e. The zero-order valence-electron chi connectivity index (χ0n) is 8.14. The second-order valence-electron chi connectivity index (χ2n) is 3.16. The molecule has 0 unspecified atom stereocenters. The van der Waals surface area contributed by atoms with Crippen molar-refractivity contribution in [1.82, 2.24) is 9.78 Å². The van der Waals surface area contributed by atoms with Crippen molar-refractivity contribution in [2.24, 2.45) is 0 Å². The molecule has 0 aliphatic carbocycles. The molecule has 0 aliphatic heterocycles. The van der Waals surface area contributed by atoms with Crippen molar-refractivity contribution in [2.75, 3.05) is 0 Å². The third-order valence-electron chi connectivity index (χ3n) is 2.22. The summed E-state index contributed by atoms with van der Waals surface area (Å²) in [5.74, 6) is 0. The van der Waals surface area contributed by atoms with Crippen LogP contribution < -0.4 is 0 Å². The third kappa shape index (κ3) is 1.94. The lowest BCUT2D eigenvalue weighted by atomic mass is 10.2. The van der Waals surface area contributed by atoms with Crippen molar-refractivity contribution in [3.8, 4) is 5.69 Å². The minimum absolute atomic E-state index is 0.0206. The lowest BCUT2D eigenvalue weighted by Crippen LogP contribution is -1.99. The van der Waals surface area contributed by atoms with Gasteiger partial charge in [-0.1, -0.05) is 18.2 Å². The Balaban J connectivity index is 2.52. The monoisotopic (exact) mass is 312 g/mol. The Labute approximate surface area is 101 Å². The number of hydrogen-bond acceptors (Lipinski definition) is 2. The molecule has 0 spiro atoms. The quantitative estimate of drug-likeness (QED) is 0.631. The van der Waals surface area contributed by atoms with Crippen LogP contribution in [0.15, 0.2) is 36.5 Å². The molecule has 0 N–H and O–H groups in total. The highest BCUT2D eigenvalue weighted by Gasteiger charge is 2.11. The second-order valence-corrected chi connectivity index (χ2v) is 4.14. The van der Waals surface area contributed by atoms with Gasteiger partial charge in [0.15, 0.2) is 0 Å². The fourth-order valence-electron chi connectivity index (χ4n) is 1.43. The molecule has 0 saturated carbocycles. The summed E-state index contributed by atoms with van der Waals surface area (Å²) in [6.07, 6.45) is 1.61. The first kappa shape index (κ1) is 10.4. The first-order valence-corrected chi connectivity index (χ1v) is 5.58. The van der Waals surface area contributed by atoms with E-state index in [1.807, 2.05) is 37.3 Å². The first-order valence-electron chi connectivity index (χ1n) is 4.50. The van der Waals surface area contributed by atoms with E-state index in [2.05, 4.69) is 5.10 Å². The van der Waals surface area contributed by atoms with Crippen LogP contribution in [0.5, 0.6) is 0 Å². The van der Waals surface area contributed by atoms with E-state index in [1.54, 1.807) is 33.5 Å². The molecule has 0 bridgehead atoms. The fraction of sp³-hybridized carbons (Fsp3) is 0.0909. The predicted molar refractivity (Wildman–Crippen MR) is 66.7 cm³/mol. The summed E-state index contributed by atoms with van der Waals surface area (Å²) in [4.78, 5) is 11.2. The summed E-state index contributed by atoms with van der Waals surface area (Å²) >= 11 is 1.77. The highest BCUT2D eigenvalue weighted by Crippen LogP contribution is 2.15. The molecule has 0 amide bonds. The topological polar surface area (TPSA) is 34.9 Å². The molecule has 4 heteroatoms. The van der Waals surface area contributed by atoms with E-state index in [-0.39, 0.29) is 3.79 Å². The smallest absolute Gasteiger partial charge is 0.225 e. The summed E-state index contributed by atoms with van der Waals surface area (Å²) in [6.45, 7) is 1.89. The Morgan fingerprint density at radius 3 is 2.53 bits per heavy atom. The van der Waals surface area contributed by atoms with Gasteiger partial charge in [0, 0.05) is 22.6 Å². The Morgan fingerprint density at radius 2 is 2.00 bits per heavy atom. The summed E-state index contributed by atoms with van der Waals surface area (Å²) in [6, 6.07) is 9.76. The van der Waals surface area contributed by atoms with Crippen molar-refractivity contribution in [2.45, 2.75) is 6.92 Å². The molecule has 3 nitrogen and oxygen atoms in total. The van der Waals surface area contributed by atoms with Crippen LogP contribution in [-0.4, -0.2) is 13.6 Å². The summed E-state index contributed by atoms with van der Waals surface area (Å²) < 4.78 is 1.79. The number of carbonyl (C=O) groups excluding carboxylic acids is 1. The lowest BCUT2D eigenvalue weighted by molar-refractivity contribution is 0.110. The normalized spacial score (nSPS) is 10.3. The number of halogens is 1. The summed E-state index contributed by atoms with van der Waals surface area (Å²) in [7, 11) is 0. The van der Waals surface area contributed by atoms with Gasteiger partial charge in [-0.05, 0) is 19.1 Å². The number of para-hydroxylation sites is 1. The van der Waals surface area contributed by atoms with E-state index in [0.717, 1.165) is 11.4 Å². The van der Waals surface area contributed by atoms with Gasteiger partial charge in [-0.3, -0.25) is 4.79 Å². The molecule has 1 aromatic heterocycles. The third-order valence-corrected chi connectivity index (χ3v) is 2.80. The van der Waals surface area contributed by atoms with Gasteiger partial charge in [0.1, 0.15) is 0 Å². The molecule has 15 heavy (non-hydrogen) atoms. The largest absolute Gasteiger partial charge is 0.282 e. The SMILES string of the molecule is Cc1c(C(=O)I)cnn1-c1ccccc1. The molecular formula is C11H9IN2O. The van der Waals surface area contributed by atoms with E-state index in [0.29, 0.717) is 5.56 Å². The standard InChI is InChI=1S/C11H9IN2O/c1-8-10(11(12)15)7-13-14(8)9-5-3-2-4-6-9/h2-7H,1H3. The molecule has 0 aliphatic rings. The summed E-state index contributed by atoms with van der Waals surface area (Å²) in [5.41, 5.74) is 2.51. The Bertz CT molecular complexity index is 491. The Morgan fingerprint density at radius 1 is 1.33 bits per heavy atom. The fourth-order valence-corrected chi connectivity index (χ4v) is 1.96. The number of aromatic nitrogens is 2. The van der Waals surface area contributed by atoms with E-state index < -0.39 is 0 Å². The molecule has 1 heterocycles. The van der Waals surface area contributed by atoms with Gasteiger partial charge < -0.3 is 0 Å². The van der Waals surface area contributed by atoms with Crippen LogP contribution >= 0.6 is 22.6 Å². The molecule has 2 aromatic rings. The number of nitrogens with zero attached hydrogens (tertiary/aromatic N) is 2. The van der Waals surface area contributed by atoms with Crippen molar-refractivity contribution >= 4 is 26.4 Å². The average Bonchev–Trinajstić information content (AvgIpc) is 2.61. The number of hydrogen-bond donors (Lipinski definition) is 0. The molecule has 0 saturated heterocycles.